The molecule has 1 aromatic heterocycles. The smallest absolute Gasteiger partial charge is 0.255 e. The number of aromatic nitrogens is 1. The van der Waals surface area contributed by atoms with Gasteiger partial charge in [0.25, 0.3) is 5.91 Å². The van der Waals surface area contributed by atoms with Crippen LogP contribution in [0.3, 0.4) is 0 Å². The van der Waals surface area contributed by atoms with Crippen molar-refractivity contribution in [2.45, 2.75) is 0 Å². The fourth-order valence-electron chi connectivity index (χ4n) is 2.30. The second-order valence-electron chi connectivity index (χ2n) is 5.14. The first kappa shape index (κ1) is 14.6. The largest absolute Gasteiger partial charge is 0.399 e. The van der Waals surface area contributed by atoms with Gasteiger partial charge in [-0.05, 0) is 42.5 Å². The van der Waals surface area contributed by atoms with Crippen LogP contribution in [-0.2, 0) is 0 Å². The molecule has 3 aromatic rings. The number of carbonyl (C=O) groups excluding carboxylic acids is 1. The van der Waals surface area contributed by atoms with E-state index in [1.165, 1.54) is 0 Å². The van der Waals surface area contributed by atoms with Gasteiger partial charge in [-0.15, -0.1) is 0 Å². The van der Waals surface area contributed by atoms with Gasteiger partial charge in [-0.3, -0.25) is 9.78 Å². The number of carbonyl (C=O) groups is 1. The van der Waals surface area contributed by atoms with Crippen LogP contribution in [0.4, 0.5) is 17.1 Å². The minimum Gasteiger partial charge on any atom is -0.399 e. The summed E-state index contributed by atoms with van der Waals surface area (Å²) in [6, 6.07) is 18.0. The number of nitrogens with one attached hydrogen (secondary N) is 1. The Labute approximate surface area is 134 Å². The highest BCUT2D eigenvalue weighted by Gasteiger charge is 2.08. The van der Waals surface area contributed by atoms with Gasteiger partial charge in [-0.25, -0.2) is 0 Å². The van der Waals surface area contributed by atoms with Crippen LogP contribution >= 0.6 is 0 Å². The van der Waals surface area contributed by atoms with Crippen LogP contribution in [0.15, 0.2) is 66.9 Å². The van der Waals surface area contributed by atoms with E-state index in [1.807, 2.05) is 42.5 Å². The van der Waals surface area contributed by atoms with E-state index in [4.69, 9.17) is 11.5 Å². The summed E-state index contributed by atoms with van der Waals surface area (Å²) in [6.45, 7) is 0. The Bertz CT molecular complexity index is 826. The predicted molar refractivity (Wildman–Crippen MR) is 92.9 cm³/mol. The van der Waals surface area contributed by atoms with Gasteiger partial charge in [0, 0.05) is 34.4 Å². The summed E-state index contributed by atoms with van der Waals surface area (Å²) in [5.74, 6) is -0.262. The molecular weight excluding hydrogens is 288 g/mol. The molecule has 0 radical (unpaired) electrons. The summed E-state index contributed by atoms with van der Waals surface area (Å²) in [6.07, 6.45) is 1.73. The maximum absolute atomic E-state index is 12.3. The molecule has 0 saturated heterocycles. The third-order valence-electron chi connectivity index (χ3n) is 3.32. The number of hydrogen-bond donors (Lipinski definition) is 3. The topological polar surface area (TPSA) is 94.0 Å². The standard InChI is InChI=1S/C18H16N4O/c19-14-8-13(9-15(20)11-14)18(23)22-16-5-3-4-12(10-16)17-6-1-2-7-21-17/h1-11H,19-20H2,(H,22,23). The molecule has 0 fully saturated rings. The van der Waals surface area contributed by atoms with Crippen LogP contribution in [0, 0.1) is 0 Å². The minimum atomic E-state index is -0.262. The van der Waals surface area contributed by atoms with Crippen molar-refractivity contribution in [2.75, 3.05) is 16.8 Å². The molecule has 2 aromatic carbocycles. The van der Waals surface area contributed by atoms with Crippen molar-refractivity contribution in [1.82, 2.24) is 4.98 Å². The van der Waals surface area contributed by atoms with Gasteiger partial charge in [-0.2, -0.15) is 0 Å². The number of anilines is 3. The SMILES string of the molecule is Nc1cc(N)cc(C(=O)Nc2cccc(-c3ccccn3)c2)c1. The summed E-state index contributed by atoms with van der Waals surface area (Å²) in [5, 5.41) is 2.84. The highest BCUT2D eigenvalue weighted by Crippen LogP contribution is 2.21. The molecule has 0 aliphatic heterocycles. The Morgan fingerprint density at radius 1 is 0.913 bits per heavy atom. The maximum atomic E-state index is 12.3. The van der Waals surface area contributed by atoms with Crippen molar-refractivity contribution in [3.8, 4) is 11.3 Å². The monoisotopic (exact) mass is 304 g/mol. The Morgan fingerprint density at radius 2 is 1.70 bits per heavy atom. The molecule has 23 heavy (non-hydrogen) atoms. The third kappa shape index (κ3) is 3.47. The molecule has 0 bridgehead atoms. The first-order valence-corrected chi connectivity index (χ1v) is 7.11. The molecule has 0 aliphatic rings. The molecule has 5 nitrogen and oxygen atoms in total. The Kier molecular flexibility index (Phi) is 3.93. The van der Waals surface area contributed by atoms with Crippen molar-refractivity contribution in [2.24, 2.45) is 0 Å². The van der Waals surface area contributed by atoms with Crippen LogP contribution in [0.2, 0.25) is 0 Å². The lowest BCUT2D eigenvalue weighted by atomic mass is 10.1. The number of hydrogen-bond acceptors (Lipinski definition) is 4. The zero-order chi connectivity index (χ0) is 16.2. The number of nitrogens with zero attached hydrogens (tertiary/aromatic N) is 1. The van der Waals surface area contributed by atoms with Crippen molar-refractivity contribution in [1.29, 1.82) is 0 Å². The minimum absolute atomic E-state index is 0.262. The van der Waals surface area contributed by atoms with E-state index in [2.05, 4.69) is 10.3 Å². The van der Waals surface area contributed by atoms with Crippen LogP contribution in [-0.4, -0.2) is 10.9 Å². The fraction of sp³-hybridized carbons (Fsp3) is 0. The van der Waals surface area contributed by atoms with Crippen molar-refractivity contribution in [3.05, 3.63) is 72.4 Å². The maximum Gasteiger partial charge on any atom is 0.255 e. The van der Waals surface area contributed by atoms with E-state index >= 15 is 0 Å². The van der Waals surface area contributed by atoms with E-state index in [0.29, 0.717) is 22.6 Å². The van der Waals surface area contributed by atoms with Gasteiger partial charge >= 0.3 is 0 Å². The molecule has 0 saturated carbocycles. The number of pyridine rings is 1. The molecule has 3 rings (SSSR count). The molecule has 1 amide bonds. The van der Waals surface area contributed by atoms with Crippen molar-refractivity contribution < 1.29 is 4.79 Å². The lowest BCUT2D eigenvalue weighted by Gasteiger charge is -2.08. The van der Waals surface area contributed by atoms with Gasteiger partial charge in [0.15, 0.2) is 0 Å². The normalized spacial score (nSPS) is 10.3. The number of amides is 1. The number of nitrogens with two attached hydrogens (primary N) is 2. The quantitative estimate of drug-likeness (QED) is 0.648. The van der Waals surface area contributed by atoms with Gasteiger partial charge in [0.1, 0.15) is 0 Å². The summed E-state index contributed by atoms with van der Waals surface area (Å²) in [7, 11) is 0. The molecule has 114 valence electrons. The van der Waals surface area contributed by atoms with E-state index in [-0.39, 0.29) is 5.91 Å². The molecule has 1 heterocycles. The fourth-order valence-corrected chi connectivity index (χ4v) is 2.30. The zero-order valence-corrected chi connectivity index (χ0v) is 12.4. The number of rotatable bonds is 3. The number of benzene rings is 2. The average Bonchev–Trinajstić information content (AvgIpc) is 2.55. The lowest BCUT2D eigenvalue weighted by molar-refractivity contribution is 0.102. The summed E-state index contributed by atoms with van der Waals surface area (Å²) in [5.41, 5.74) is 15.2. The lowest BCUT2D eigenvalue weighted by Crippen LogP contribution is -2.12. The molecular formula is C18H16N4O. The van der Waals surface area contributed by atoms with Crippen LogP contribution in [0.5, 0.6) is 0 Å². The Hall–Kier alpha value is -3.34. The molecule has 0 unspecified atom stereocenters. The molecule has 5 heteroatoms. The van der Waals surface area contributed by atoms with Crippen LogP contribution < -0.4 is 16.8 Å². The molecule has 0 aliphatic carbocycles. The molecule has 0 atom stereocenters. The highest BCUT2D eigenvalue weighted by molar-refractivity contribution is 6.05. The summed E-state index contributed by atoms with van der Waals surface area (Å²) in [4.78, 5) is 16.6. The summed E-state index contributed by atoms with van der Waals surface area (Å²) >= 11 is 0. The van der Waals surface area contributed by atoms with E-state index in [0.717, 1.165) is 11.3 Å². The van der Waals surface area contributed by atoms with Gasteiger partial charge in [-0.1, -0.05) is 18.2 Å². The summed E-state index contributed by atoms with van der Waals surface area (Å²) < 4.78 is 0. The second-order valence-corrected chi connectivity index (χ2v) is 5.14. The Morgan fingerprint density at radius 3 is 2.39 bits per heavy atom. The molecule has 0 spiro atoms. The van der Waals surface area contributed by atoms with E-state index in [1.54, 1.807) is 24.4 Å². The number of nitrogen functional groups attached to an aromatic ring is 2. The Balaban J connectivity index is 1.84. The first-order chi connectivity index (χ1) is 11.1. The van der Waals surface area contributed by atoms with Gasteiger partial charge < -0.3 is 16.8 Å². The molecule has 5 N–H and O–H groups in total. The van der Waals surface area contributed by atoms with Crippen molar-refractivity contribution in [3.63, 3.8) is 0 Å². The van der Waals surface area contributed by atoms with Crippen LogP contribution in [0.25, 0.3) is 11.3 Å². The van der Waals surface area contributed by atoms with E-state index in [9.17, 15) is 4.79 Å². The van der Waals surface area contributed by atoms with E-state index < -0.39 is 0 Å². The first-order valence-electron chi connectivity index (χ1n) is 7.11. The second kappa shape index (κ2) is 6.19. The average molecular weight is 304 g/mol. The predicted octanol–water partition coefficient (Wildman–Crippen LogP) is 3.17. The van der Waals surface area contributed by atoms with Gasteiger partial charge in [0.05, 0.1) is 5.69 Å². The zero-order valence-electron chi connectivity index (χ0n) is 12.4. The van der Waals surface area contributed by atoms with Crippen molar-refractivity contribution >= 4 is 23.0 Å². The highest BCUT2D eigenvalue weighted by atomic mass is 16.1. The van der Waals surface area contributed by atoms with Gasteiger partial charge in [0.2, 0.25) is 0 Å². The van der Waals surface area contributed by atoms with Crippen LogP contribution in [0.1, 0.15) is 10.4 Å². The third-order valence-corrected chi connectivity index (χ3v) is 3.32.